The lowest BCUT2D eigenvalue weighted by Gasteiger charge is -2.28. The lowest BCUT2D eigenvalue weighted by molar-refractivity contribution is 0.0951. The minimum atomic E-state index is -0.0645. The van der Waals surface area contributed by atoms with E-state index in [9.17, 15) is 4.79 Å². The number of piperidine rings is 1. The van der Waals surface area contributed by atoms with Crippen LogP contribution in [-0.4, -0.2) is 29.0 Å². The molecule has 0 aliphatic carbocycles. The van der Waals surface area contributed by atoms with Gasteiger partial charge in [0.15, 0.2) is 5.82 Å². The molecule has 1 N–H and O–H groups in total. The predicted molar refractivity (Wildman–Crippen MR) is 109 cm³/mol. The van der Waals surface area contributed by atoms with Crippen LogP contribution >= 0.6 is 11.3 Å². The lowest BCUT2D eigenvalue weighted by atomic mass is 10.1. The van der Waals surface area contributed by atoms with E-state index < -0.39 is 0 Å². The maximum absolute atomic E-state index is 12.4. The number of benzene rings is 1. The van der Waals surface area contributed by atoms with Crippen LogP contribution in [-0.2, 0) is 6.54 Å². The summed E-state index contributed by atoms with van der Waals surface area (Å²) in [7, 11) is 0. The second-order valence-electron chi connectivity index (χ2n) is 6.62. The molecule has 5 nitrogen and oxygen atoms in total. The van der Waals surface area contributed by atoms with Crippen molar-refractivity contribution in [2.45, 2.75) is 25.8 Å². The average molecular weight is 379 g/mol. The molecule has 3 heterocycles. The highest BCUT2D eigenvalue weighted by molar-refractivity contribution is 7.09. The van der Waals surface area contributed by atoms with Crippen molar-refractivity contribution in [2.24, 2.45) is 0 Å². The van der Waals surface area contributed by atoms with Gasteiger partial charge in [-0.1, -0.05) is 18.2 Å². The quantitative estimate of drug-likeness (QED) is 0.725. The van der Waals surface area contributed by atoms with Gasteiger partial charge in [0.2, 0.25) is 0 Å². The van der Waals surface area contributed by atoms with Crippen molar-refractivity contribution < 1.29 is 4.79 Å². The first kappa shape index (κ1) is 17.7. The Morgan fingerprint density at radius 1 is 1.04 bits per heavy atom. The zero-order valence-electron chi connectivity index (χ0n) is 15.1. The number of hydrogen-bond donors (Lipinski definition) is 1. The van der Waals surface area contributed by atoms with E-state index in [-0.39, 0.29) is 5.91 Å². The maximum Gasteiger partial charge on any atom is 0.251 e. The predicted octanol–water partition coefficient (Wildman–Crippen LogP) is 4.13. The summed E-state index contributed by atoms with van der Waals surface area (Å²) in [4.78, 5) is 25.0. The molecule has 0 saturated carbocycles. The molecule has 1 aromatic carbocycles. The summed E-state index contributed by atoms with van der Waals surface area (Å²) >= 11 is 1.64. The Balaban J connectivity index is 1.50. The number of carbonyl (C=O) groups is 1. The number of anilines is 1. The number of rotatable bonds is 5. The molecule has 0 radical (unpaired) electrons. The fourth-order valence-electron chi connectivity index (χ4n) is 3.33. The number of carbonyl (C=O) groups excluding carboxylic acids is 1. The molecule has 1 aliphatic heterocycles. The summed E-state index contributed by atoms with van der Waals surface area (Å²) in [6.45, 7) is 2.60. The number of aromatic nitrogens is 2. The van der Waals surface area contributed by atoms with Crippen LogP contribution in [0.3, 0.4) is 0 Å². The maximum atomic E-state index is 12.4. The standard InChI is InChI=1S/C21H22N4OS/c26-21(24-15-18-5-4-14-27-18)17-8-6-16(7-9-17)19-20(23-11-10-22-19)25-12-2-1-3-13-25/h4-11,14H,1-3,12-13,15H2,(H,24,26). The summed E-state index contributed by atoms with van der Waals surface area (Å²) in [5.41, 5.74) is 2.52. The molecule has 0 unspecified atom stereocenters. The van der Waals surface area contributed by atoms with Crippen LogP contribution in [0.4, 0.5) is 5.82 Å². The van der Waals surface area contributed by atoms with E-state index in [2.05, 4.69) is 20.2 Å². The van der Waals surface area contributed by atoms with Crippen molar-refractivity contribution in [2.75, 3.05) is 18.0 Å². The van der Waals surface area contributed by atoms with Gasteiger partial charge in [-0.05, 0) is 42.8 Å². The van der Waals surface area contributed by atoms with E-state index in [0.717, 1.165) is 35.0 Å². The molecule has 1 fully saturated rings. The molecule has 1 saturated heterocycles. The van der Waals surface area contributed by atoms with Gasteiger partial charge in [0.05, 0.1) is 6.54 Å². The molecule has 1 amide bonds. The van der Waals surface area contributed by atoms with Crippen molar-refractivity contribution in [3.63, 3.8) is 0 Å². The molecular weight excluding hydrogens is 356 g/mol. The molecule has 6 heteroatoms. The molecule has 4 rings (SSSR count). The Kier molecular flexibility index (Phi) is 5.44. The molecule has 0 bridgehead atoms. The second-order valence-corrected chi connectivity index (χ2v) is 7.65. The molecule has 1 aliphatic rings. The molecule has 27 heavy (non-hydrogen) atoms. The minimum absolute atomic E-state index is 0.0645. The smallest absolute Gasteiger partial charge is 0.251 e. The number of amides is 1. The number of hydrogen-bond acceptors (Lipinski definition) is 5. The summed E-state index contributed by atoms with van der Waals surface area (Å²) in [5.74, 6) is 0.873. The van der Waals surface area contributed by atoms with Crippen molar-refractivity contribution in [1.82, 2.24) is 15.3 Å². The molecule has 3 aromatic rings. The van der Waals surface area contributed by atoms with Crippen molar-refractivity contribution in [1.29, 1.82) is 0 Å². The fourth-order valence-corrected chi connectivity index (χ4v) is 3.98. The highest BCUT2D eigenvalue weighted by Gasteiger charge is 2.17. The molecule has 138 valence electrons. The largest absolute Gasteiger partial charge is 0.355 e. The SMILES string of the molecule is O=C(NCc1cccs1)c1ccc(-c2nccnc2N2CCCCC2)cc1. The summed E-state index contributed by atoms with van der Waals surface area (Å²) < 4.78 is 0. The van der Waals surface area contributed by atoms with Crippen LogP contribution in [0.2, 0.25) is 0 Å². The third-order valence-corrected chi connectivity index (χ3v) is 5.63. The highest BCUT2D eigenvalue weighted by atomic mass is 32.1. The number of nitrogens with zero attached hydrogens (tertiary/aromatic N) is 3. The van der Waals surface area contributed by atoms with Crippen LogP contribution in [0.15, 0.2) is 54.2 Å². The first-order chi connectivity index (χ1) is 13.3. The number of thiophene rings is 1. The monoisotopic (exact) mass is 378 g/mol. The van der Waals surface area contributed by atoms with Crippen LogP contribution in [0, 0.1) is 0 Å². The van der Waals surface area contributed by atoms with E-state index in [0.29, 0.717) is 12.1 Å². The third-order valence-electron chi connectivity index (χ3n) is 4.76. The second kappa shape index (κ2) is 8.31. The summed E-state index contributed by atoms with van der Waals surface area (Å²) in [6, 6.07) is 11.6. The van der Waals surface area contributed by atoms with Gasteiger partial charge in [0.1, 0.15) is 5.69 Å². The normalized spacial score (nSPS) is 14.1. The first-order valence-corrected chi connectivity index (χ1v) is 10.2. The average Bonchev–Trinajstić information content (AvgIpc) is 3.26. The van der Waals surface area contributed by atoms with Gasteiger partial charge < -0.3 is 10.2 Å². The van der Waals surface area contributed by atoms with Gasteiger partial charge in [0.25, 0.3) is 5.91 Å². The van der Waals surface area contributed by atoms with Crippen LogP contribution in [0.1, 0.15) is 34.5 Å². The summed E-state index contributed by atoms with van der Waals surface area (Å²) in [5, 5.41) is 4.97. The topological polar surface area (TPSA) is 58.1 Å². The Bertz CT molecular complexity index is 887. The van der Waals surface area contributed by atoms with Crippen molar-refractivity contribution in [3.05, 3.63) is 64.6 Å². The molecule has 0 spiro atoms. The van der Waals surface area contributed by atoms with Gasteiger partial charge >= 0.3 is 0 Å². The Hall–Kier alpha value is -2.73. The van der Waals surface area contributed by atoms with Gasteiger partial charge in [-0.25, -0.2) is 4.98 Å². The highest BCUT2D eigenvalue weighted by Crippen LogP contribution is 2.28. The van der Waals surface area contributed by atoms with Crippen LogP contribution in [0.25, 0.3) is 11.3 Å². The van der Waals surface area contributed by atoms with Crippen molar-refractivity contribution in [3.8, 4) is 11.3 Å². The van der Waals surface area contributed by atoms with Gasteiger partial charge in [-0.2, -0.15) is 0 Å². The van der Waals surface area contributed by atoms with Crippen LogP contribution in [0.5, 0.6) is 0 Å². The van der Waals surface area contributed by atoms with E-state index in [1.165, 1.54) is 19.3 Å². The van der Waals surface area contributed by atoms with Gasteiger partial charge in [-0.15, -0.1) is 11.3 Å². The lowest BCUT2D eigenvalue weighted by Crippen LogP contribution is -2.30. The van der Waals surface area contributed by atoms with E-state index in [1.807, 2.05) is 41.8 Å². The van der Waals surface area contributed by atoms with Gasteiger partial charge in [0, 0.05) is 41.5 Å². The minimum Gasteiger partial charge on any atom is -0.355 e. The fraction of sp³-hybridized carbons (Fsp3) is 0.286. The Morgan fingerprint density at radius 2 is 1.81 bits per heavy atom. The Labute approximate surface area is 163 Å². The van der Waals surface area contributed by atoms with Crippen molar-refractivity contribution >= 4 is 23.1 Å². The summed E-state index contributed by atoms with van der Waals surface area (Å²) in [6.07, 6.45) is 7.14. The first-order valence-electron chi connectivity index (χ1n) is 9.28. The molecule has 0 atom stereocenters. The van der Waals surface area contributed by atoms with E-state index in [1.54, 1.807) is 23.7 Å². The third kappa shape index (κ3) is 4.17. The Morgan fingerprint density at radius 3 is 2.56 bits per heavy atom. The van der Waals surface area contributed by atoms with E-state index >= 15 is 0 Å². The zero-order valence-corrected chi connectivity index (χ0v) is 15.9. The molecule has 2 aromatic heterocycles. The van der Waals surface area contributed by atoms with Crippen LogP contribution < -0.4 is 10.2 Å². The molecular formula is C21H22N4OS. The van der Waals surface area contributed by atoms with Gasteiger partial charge in [-0.3, -0.25) is 9.78 Å². The van der Waals surface area contributed by atoms with E-state index in [4.69, 9.17) is 0 Å². The zero-order chi connectivity index (χ0) is 18.5. The number of nitrogens with one attached hydrogen (secondary N) is 1.